The van der Waals surface area contributed by atoms with Gasteiger partial charge in [0.1, 0.15) is 5.76 Å². The molecule has 124 valence electrons. The number of carboxylic acids is 1. The molecule has 0 bridgehead atoms. The van der Waals surface area contributed by atoms with Gasteiger partial charge in [-0.2, -0.15) is 0 Å². The second-order valence-electron chi connectivity index (χ2n) is 7.19. The van der Waals surface area contributed by atoms with E-state index in [-0.39, 0.29) is 24.2 Å². The largest absolute Gasteiger partial charge is 0.481 e. The Morgan fingerprint density at radius 3 is 2.36 bits per heavy atom. The number of oxazole rings is 1. The lowest BCUT2D eigenvalue weighted by molar-refractivity contribution is -0.137. The number of aryl methyl sites for hydroxylation is 1. The van der Waals surface area contributed by atoms with Crippen LogP contribution in [0.2, 0.25) is 0 Å². The molecule has 0 radical (unpaired) electrons. The first-order chi connectivity index (χ1) is 9.99. The van der Waals surface area contributed by atoms with Crippen molar-refractivity contribution in [2.45, 2.75) is 71.3 Å². The fraction of sp³-hybridized carbons (Fsp3) is 0.688. The number of hydrogen-bond acceptors (Lipinski definition) is 4. The van der Waals surface area contributed by atoms with Gasteiger partial charge in [-0.25, -0.2) is 4.98 Å². The smallest absolute Gasteiger partial charge is 0.303 e. The van der Waals surface area contributed by atoms with E-state index in [1.807, 2.05) is 34.6 Å². The Morgan fingerprint density at radius 2 is 1.86 bits per heavy atom. The van der Waals surface area contributed by atoms with Crippen LogP contribution in [0, 0.1) is 0 Å². The summed E-state index contributed by atoms with van der Waals surface area (Å²) in [4.78, 5) is 26.7. The summed E-state index contributed by atoms with van der Waals surface area (Å²) in [5, 5.41) is 11.5. The Bertz CT molecular complexity index is 526. The summed E-state index contributed by atoms with van der Waals surface area (Å²) in [6.45, 7) is 9.74. The van der Waals surface area contributed by atoms with E-state index >= 15 is 0 Å². The Kier molecular flexibility index (Phi) is 5.74. The molecule has 1 heterocycles. The van der Waals surface area contributed by atoms with E-state index in [0.29, 0.717) is 18.7 Å². The average Bonchev–Trinajstić information content (AvgIpc) is 2.82. The summed E-state index contributed by atoms with van der Waals surface area (Å²) < 4.78 is 5.64. The lowest BCUT2D eigenvalue weighted by Gasteiger charge is -2.25. The zero-order valence-electron chi connectivity index (χ0n) is 14.0. The number of nitrogens with zero attached hydrogens (tertiary/aromatic N) is 1. The number of aromatic nitrogens is 1. The maximum atomic E-state index is 12.0. The molecule has 0 fully saturated rings. The summed E-state index contributed by atoms with van der Waals surface area (Å²) in [6.07, 6.45) is 2.81. The molecular weight excluding hydrogens is 284 g/mol. The monoisotopic (exact) mass is 310 g/mol. The maximum absolute atomic E-state index is 12.0. The molecule has 1 rings (SSSR count). The molecule has 1 aromatic heterocycles. The van der Waals surface area contributed by atoms with Gasteiger partial charge in [0.25, 0.3) is 0 Å². The number of rotatable bonds is 7. The second kappa shape index (κ2) is 6.94. The van der Waals surface area contributed by atoms with Crippen molar-refractivity contribution in [2.75, 3.05) is 0 Å². The molecule has 0 aliphatic rings. The molecular formula is C16H26N2O4. The molecule has 1 amide bonds. The van der Waals surface area contributed by atoms with Crippen molar-refractivity contribution in [1.82, 2.24) is 10.3 Å². The first-order valence-corrected chi connectivity index (χ1v) is 7.47. The van der Waals surface area contributed by atoms with Crippen LogP contribution in [0.5, 0.6) is 0 Å². The Labute approximate surface area is 131 Å². The fourth-order valence-corrected chi connectivity index (χ4v) is 1.91. The SMILES string of the molecule is CC(C)(CCC(=O)O)NC(=O)CCc1ncc(C(C)(C)C)o1. The van der Waals surface area contributed by atoms with Crippen molar-refractivity contribution < 1.29 is 19.1 Å². The van der Waals surface area contributed by atoms with Crippen LogP contribution >= 0.6 is 0 Å². The van der Waals surface area contributed by atoms with E-state index < -0.39 is 11.5 Å². The summed E-state index contributed by atoms with van der Waals surface area (Å²) in [6, 6.07) is 0. The Balaban J connectivity index is 2.46. The van der Waals surface area contributed by atoms with Crippen LogP contribution in [0.25, 0.3) is 0 Å². The van der Waals surface area contributed by atoms with Gasteiger partial charge in [-0.3, -0.25) is 9.59 Å². The number of amides is 1. The number of hydrogen-bond donors (Lipinski definition) is 2. The van der Waals surface area contributed by atoms with Gasteiger partial charge in [0.05, 0.1) is 6.20 Å². The molecule has 0 aliphatic heterocycles. The first-order valence-electron chi connectivity index (χ1n) is 7.47. The Hall–Kier alpha value is -1.85. The molecule has 0 aliphatic carbocycles. The maximum Gasteiger partial charge on any atom is 0.303 e. The van der Waals surface area contributed by atoms with Crippen molar-refractivity contribution in [3.05, 3.63) is 17.8 Å². The highest BCUT2D eigenvalue weighted by molar-refractivity contribution is 5.77. The van der Waals surface area contributed by atoms with Crippen LogP contribution in [0.4, 0.5) is 0 Å². The normalized spacial score (nSPS) is 12.2. The van der Waals surface area contributed by atoms with Gasteiger partial charge in [-0.15, -0.1) is 0 Å². The van der Waals surface area contributed by atoms with Gasteiger partial charge in [-0.1, -0.05) is 20.8 Å². The highest BCUT2D eigenvalue weighted by Gasteiger charge is 2.22. The molecule has 6 nitrogen and oxygen atoms in total. The zero-order chi connectivity index (χ0) is 17.0. The molecule has 0 spiro atoms. The predicted molar refractivity (Wildman–Crippen MR) is 82.6 cm³/mol. The number of carboxylic acid groups (broad SMARTS) is 1. The topological polar surface area (TPSA) is 92.4 Å². The number of carbonyl (C=O) groups is 2. The summed E-state index contributed by atoms with van der Waals surface area (Å²) in [7, 11) is 0. The fourth-order valence-electron chi connectivity index (χ4n) is 1.91. The van der Waals surface area contributed by atoms with Crippen molar-refractivity contribution in [2.24, 2.45) is 0 Å². The predicted octanol–water partition coefficient (Wildman–Crippen LogP) is 2.66. The van der Waals surface area contributed by atoms with Crippen molar-refractivity contribution >= 4 is 11.9 Å². The third-order valence-corrected chi connectivity index (χ3v) is 3.30. The van der Waals surface area contributed by atoms with Crippen molar-refractivity contribution in [3.63, 3.8) is 0 Å². The van der Waals surface area contributed by atoms with Gasteiger partial charge in [0, 0.05) is 30.2 Å². The molecule has 0 atom stereocenters. The van der Waals surface area contributed by atoms with Crippen LogP contribution in [-0.4, -0.2) is 27.5 Å². The first kappa shape index (κ1) is 18.2. The standard InChI is InChI=1S/C16H26N2O4/c1-15(2,3)11-10-17-13(22-11)7-6-12(19)18-16(4,5)9-8-14(20)21/h10H,6-9H2,1-5H3,(H,18,19)(H,20,21). The molecule has 6 heteroatoms. The van der Waals surface area contributed by atoms with Gasteiger partial charge in [0.15, 0.2) is 5.89 Å². The third kappa shape index (κ3) is 6.28. The minimum absolute atomic E-state index is 0.0297. The zero-order valence-corrected chi connectivity index (χ0v) is 14.0. The lowest BCUT2D eigenvalue weighted by atomic mass is 9.94. The highest BCUT2D eigenvalue weighted by Crippen LogP contribution is 2.23. The third-order valence-electron chi connectivity index (χ3n) is 3.30. The molecule has 1 aromatic rings. The molecule has 0 aromatic carbocycles. The average molecular weight is 310 g/mol. The van der Waals surface area contributed by atoms with Gasteiger partial charge >= 0.3 is 5.97 Å². The van der Waals surface area contributed by atoms with E-state index in [1.54, 1.807) is 6.20 Å². The molecule has 0 saturated carbocycles. The van der Waals surface area contributed by atoms with Crippen LogP contribution in [-0.2, 0) is 21.4 Å². The van der Waals surface area contributed by atoms with E-state index in [2.05, 4.69) is 10.3 Å². The molecule has 2 N–H and O–H groups in total. The van der Waals surface area contributed by atoms with Crippen molar-refractivity contribution in [1.29, 1.82) is 0 Å². The van der Waals surface area contributed by atoms with E-state index in [0.717, 1.165) is 5.76 Å². The van der Waals surface area contributed by atoms with Crippen LogP contribution < -0.4 is 5.32 Å². The minimum atomic E-state index is -0.864. The van der Waals surface area contributed by atoms with Crippen LogP contribution in [0.3, 0.4) is 0 Å². The van der Waals surface area contributed by atoms with Crippen LogP contribution in [0.1, 0.15) is 65.5 Å². The highest BCUT2D eigenvalue weighted by atomic mass is 16.4. The number of nitrogens with one attached hydrogen (secondary N) is 1. The molecule has 0 unspecified atom stereocenters. The van der Waals surface area contributed by atoms with E-state index in [4.69, 9.17) is 9.52 Å². The van der Waals surface area contributed by atoms with Crippen LogP contribution in [0.15, 0.2) is 10.6 Å². The summed E-state index contributed by atoms with van der Waals surface area (Å²) >= 11 is 0. The second-order valence-corrected chi connectivity index (χ2v) is 7.19. The lowest BCUT2D eigenvalue weighted by Crippen LogP contribution is -2.43. The molecule has 22 heavy (non-hydrogen) atoms. The molecule has 0 saturated heterocycles. The van der Waals surface area contributed by atoms with E-state index in [1.165, 1.54) is 0 Å². The Morgan fingerprint density at radius 1 is 1.23 bits per heavy atom. The minimum Gasteiger partial charge on any atom is -0.481 e. The number of aliphatic carboxylic acids is 1. The quantitative estimate of drug-likeness (QED) is 0.807. The van der Waals surface area contributed by atoms with Gasteiger partial charge in [-0.05, 0) is 20.3 Å². The number of carbonyl (C=O) groups excluding carboxylic acids is 1. The summed E-state index contributed by atoms with van der Waals surface area (Å²) in [5.74, 6) is 0.343. The van der Waals surface area contributed by atoms with Gasteiger partial charge < -0.3 is 14.8 Å². The van der Waals surface area contributed by atoms with Crippen molar-refractivity contribution in [3.8, 4) is 0 Å². The van der Waals surface area contributed by atoms with Gasteiger partial charge in [0.2, 0.25) is 5.91 Å². The summed E-state index contributed by atoms with van der Waals surface area (Å²) in [5.41, 5.74) is -0.644. The van der Waals surface area contributed by atoms with E-state index in [9.17, 15) is 9.59 Å².